The molecule has 196 valence electrons. The highest BCUT2D eigenvalue weighted by molar-refractivity contribution is 5.76. The van der Waals surface area contributed by atoms with E-state index in [9.17, 15) is 0 Å². The summed E-state index contributed by atoms with van der Waals surface area (Å²) in [6, 6.07) is 28.1. The molecule has 6 rings (SSSR count). The molecule has 0 saturated carbocycles. The molecular formula is C35H31N5. The van der Waals surface area contributed by atoms with Gasteiger partial charge in [0.25, 0.3) is 0 Å². The van der Waals surface area contributed by atoms with Crippen LogP contribution in [0.2, 0.25) is 0 Å². The zero-order valence-electron chi connectivity index (χ0n) is 23.3. The lowest BCUT2D eigenvalue weighted by Crippen LogP contribution is -2.33. The van der Waals surface area contributed by atoms with Crippen LogP contribution in [-0.4, -0.2) is 19.9 Å². The molecule has 2 aromatic heterocycles. The fraction of sp³-hybridized carbons (Fsp3) is 0.229. The number of rotatable bonds is 4. The molecule has 40 heavy (non-hydrogen) atoms. The number of hydrogen-bond acceptors (Lipinski definition) is 4. The van der Waals surface area contributed by atoms with Crippen molar-refractivity contribution in [2.45, 2.75) is 51.4 Å². The number of benzene rings is 3. The van der Waals surface area contributed by atoms with Crippen LogP contribution in [0.5, 0.6) is 0 Å². The smallest absolute Gasteiger partial charge is 0.188 e. The molecule has 0 bridgehead atoms. The summed E-state index contributed by atoms with van der Waals surface area (Å²) in [7, 11) is 0. The van der Waals surface area contributed by atoms with Gasteiger partial charge in [0.15, 0.2) is 23.2 Å². The van der Waals surface area contributed by atoms with Crippen molar-refractivity contribution in [3.8, 4) is 45.4 Å². The fourth-order valence-electron chi connectivity index (χ4n) is 5.56. The van der Waals surface area contributed by atoms with Crippen LogP contribution in [0.25, 0.3) is 50.3 Å². The number of nitrogens with zero attached hydrogens (tertiary/aromatic N) is 5. The highest BCUT2D eigenvalue weighted by Gasteiger charge is 2.37. The first-order valence-corrected chi connectivity index (χ1v) is 13.6. The van der Waals surface area contributed by atoms with Gasteiger partial charge in [0.2, 0.25) is 0 Å². The highest BCUT2D eigenvalue weighted by Crippen LogP contribution is 2.46. The van der Waals surface area contributed by atoms with E-state index in [1.165, 1.54) is 11.1 Å². The van der Waals surface area contributed by atoms with E-state index in [1.807, 2.05) is 66.7 Å². The van der Waals surface area contributed by atoms with Crippen LogP contribution < -0.4 is 0 Å². The first-order chi connectivity index (χ1) is 19.2. The normalized spacial score (nSPS) is 15.2. The van der Waals surface area contributed by atoms with Crippen molar-refractivity contribution < 1.29 is 0 Å². The molecule has 0 spiro atoms. The van der Waals surface area contributed by atoms with Crippen molar-refractivity contribution in [1.82, 2.24) is 19.9 Å². The summed E-state index contributed by atoms with van der Waals surface area (Å²) < 4.78 is 0. The molecule has 2 heterocycles. The monoisotopic (exact) mass is 521 g/mol. The van der Waals surface area contributed by atoms with Gasteiger partial charge in [-0.1, -0.05) is 76.2 Å². The summed E-state index contributed by atoms with van der Waals surface area (Å²) in [5, 5.41) is 0. The van der Waals surface area contributed by atoms with E-state index < -0.39 is 0 Å². The Morgan fingerprint density at radius 1 is 0.600 bits per heavy atom. The molecule has 1 aliphatic carbocycles. The Morgan fingerprint density at radius 3 is 1.90 bits per heavy atom. The predicted molar refractivity (Wildman–Crippen MR) is 161 cm³/mol. The fourth-order valence-corrected chi connectivity index (χ4v) is 5.56. The van der Waals surface area contributed by atoms with Crippen molar-refractivity contribution in [3.05, 3.63) is 114 Å². The third-order valence-corrected chi connectivity index (χ3v) is 8.04. The van der Waals surface area contributed by atoms with Crippen LogP contribution in [0.1, 0.15) is 51.7 Å². The van der Waals surface area contributed by atoms with Crippen molar-refractivity contribution in [2.75, 3.05) is 0 Å². The molecule has 0 atom stereocenters. The Morgan fingerprint density at radius 2 is 1.23 bits per heavy atom. The number of fused-ring (bicyclic) bond motifs is 1. The van der Waals surface area contributed by atoms with E-state index in [0.717, 1.165) is 40.8 Å². The van der Waals surface area contributed by atoms with Crippen molar-refractivity contribution in [3.63, 3.8) is 0 Å². The molecule has 1 aliphatic rings. The van der Waals surface area contributed by atoms with Crippen LogP contribution in [0.4, 0.5) is 5.69 Å². The molecule has 0 amide bonds. The van der Waals surface area contributed by atoms with Gasteiger partial charge in [-0.3, -0.25) is 4.98 Å². The van der Waals surface area contributed by atoms with Gasteiger partial charge in [0.05, 0.1) is 12.3 Å². The van der Waals surface area contributed by atoms with Crippen molar-refractivity contribution >= 4 is 5.69 Å². The minimum Gasteiger partial charge on any atom is -0.256 e. The average molecular weight is 522 g/mol. The lowest BCUT2D eigenvalue weighted by molar-refractivity contribution is 0.332. The lowest BCUT2D eigenvalue weighted by Gasteiger charge is -2.42. The number of pyridine rings is 1. The van der Waals surface area contributed by atoms with Gasteiger partial charge >= 0.3 is 0 Å². The van der Waals surface area contributed by atoms with E-state index >= 15 is 0 Å². The minimum atomic E-state index is 0.0700. The number of hydrogen-bond donors (Lipinski definition) is 0. The Hall–Kier alpha value is -4.69. The third-order valence-electron chi connectivity index (χ3n) is 8.04. The quantitative estimate of drug-likeness (QED) is 0.222. The van der Waals surface area contributed by atoms with Gasteiger partial charge in [-0.25, -0.2) is 19.8 Å². The summed E-state index contributed by atoms with van der Waals surface area (Å²) in [6.45, 7) is 17.0. The highest BCUT2D eigenvalue weighted by atomic mass is 15.0. The van der Waals surface area contributed by atoms with E-state index in [2.05, 4.69) is 55.7 Å². The van der Waals surface area contributed by atoms with Gasteiger partial charge in [-0.15, -0.1) is 0 Å². The number of aromatic nitrogens is 4. The average Bonchev–Trinajstić information content (AvgIpc) is 3.00. The van der Waals surface area contributed by atoms with Crippen LogP contribution in [0.3, 0.4) is 0 Å². The zero-order chi connectivity index (χ0) is 27.9. The Kier molecular flexibility index (Phi) is 6.27. The minimum absolute atomic E-state index is 0.0700. The van der Waals surface area contributed by atoms with Crippen LogP contribution in [0.15, 0.2) is 91.1 Å². The van der Waals surface area contributed by atoms with Crippen LogP contribution in [0, 0.1) is 6.57 Å². The molecule has 5 heteroatoms. The summed E-state index contributed by atoms with van der Waals surface area (Å²) in [4.78, 5) is 23.1. The topological polar surface area (TPSA) is 55.9 Å². The summed E-state index contributed by atoms with van der Waals surface area (Å²) >= 11 is 0. The standard InChI is InChI=1S/C35H31N5/c1-34(2)16-17-35(3,4)29-22-24(14-15-28(29)34)32-38-31(23-11-7-6-8-12-23)39-33(40-32)26-19-25(20-27(21-26)36-5)30-13-9-10-18-37-30/h6-15,18-22H,16-17H2,1-4H3. The maximum absolute atomic E-state index is 7.73. The molecule has 0 fully saturated rings. The third kappa shape index (κ3) is 4.78. The molecular weight excluding hydrogens is 490 g/mol. The molecule has 0 saturated heterocycles. The molecule has 0 radical (unpaired) electrons. The molecule has 5 aromatic rings. The maximum Gasteiger partial charge on any atom is 0.188 e. The maximum atomic E-state index is 7.73. The van der Waals surface area contributed by atoms with Gasteiger partial charge < -0.3 is 0 Å². The van der Waals surface area contributed by atoms with E-state index in [-0.39, 0.29) is 10.8 Å². The molecule has 0 aliphatic heterocycles. The van der Waals surface area contributed by atoms with Gasteiger partial charge in [-0.2, -0.15) is 0 Å². The summed E-state index contributed by atoms with van der Waals surface area (Å²) in [5.74, 6) is 1.76. The van der Waals surface area contributed by atoms with Crippen molar-refractivity contribution in [2.24, 2.45) is 0 Å². The second kappa shape index (κ2) is 9.81. The van der Waals surface area contributed by atoms with Crippen LogP contribution in [-0.2, 0) is 10.8 Å². The Balaban J connectivity index is 1.56. The van der Waals surface area contributed by atoms with Gasteiger partial charge in [-0.05, 0) is 76.8 Å². The Bertz CT molecular complexity index is 1750. The Labute approximate surface area is 235 Å². The molecule has 3 aromatic carbocycles. The van der Waals surface area contributed by atoms with Gasteiger partial charge in [0, 0.05) is 22.9 Å². The molecule has 0 N–H and O–H groups in total. The molecule has 0 unspecified atom stereocenters. The molecule has 5 nitrogen and oxygen atoms in total. The van der Waals surface area contributed by atoms with E-state index in [1.54, 1.807) is 6.20 Å². The van der Waals surface area contributed by atoms with Crippen LogP contribution >= 0.6 is 0 Å². The zero-order valence-corrected chi connectivity index (χ0v) is 23.3. The van der Waals surface area contributed by atoms with E-state index in [0.29, 0.717) is 23.2 Å². The first-order valence-electron chi connectivity index (χ1n) is 13.6. The predicted octanol–water partition coefficient (Wildman–Crippen LogP) is 8.83. The van der Waals surface area contributed by atoms with Crippen molar-refractivity contribution in [1.29, 1.82) is 0 Å². The summed E-state index contributed by atoms with van der Waals surface area (Å²) in [6.07, 6.45) is 4.05. The van der Waals surface area contributed by atoms with Gasteiger partial charge in [0.1, 0.15) is 0 Å². The largest absolute Gasteiger partial charge is 0.256 e. The second-order valence-electron chi connectivity index (χ2n) is 11.8. The summed E-state index contributed by atoms with van der Waals surface area (Å²) in [5.41, 5.74) is 7.76. The van der Waals surface area contributed by atoms with E-state index in [4.69, 9.17) is 21.5 Å². The lowest BCUT2D eigenvalue weighted by atomic mass is 9.63. The SMILES string of the molecule is [C-]#[N+]c1cc(-c2ccccn2)cc(-c2nc(-c3ccccc3)nc(-c3ccc4c(c3)C(C)(C)CCC4(C)C)n2)c1. The second-order valence-corrected chi connectivity index (χ2v) is 11.8. The first kappa shape index (κ1) is 25.6.